The summed E-state index contributed by atoms with van der Waals surface area (Å²) in [6, 6.07) is 0. The van der Waals surface area contributed by atoms with Gasteiger partial charge >= 0.3 is 0 Å². The van der Waals surface area contributed by atoms with Crippen molar-refractivity contribution in [2.45, 2.75) is 20.0 Å². The number of ether oxygens (including phenoxy) is 1. The van der Waals surface area contributed by atoms with Crippen molar-refractivity contribution in [2.75, 3.05) is 0 Å². The highest BCUT2D eigenvalue weighted by molar-refractivity contribution is 9.11. The molecule has 0 aromatic carbocycles. The Hall–Kier alpha value is -0.0900. The van der Waals surface area contributed by atoms with Gasteiger partial charge in [-0.1, -0.05) is 11.3 Å². The van der Waals surface area contributed by atoms with Crippen LogP contribution in [0.3, 0.4) is 0 Å². The fourth-order valence-corrected chi connectivity index (χ4v) is 1.63. The zero-order chi connectivity index (χ0) is 7.56. The molecule has 0 aliphatic heterocycles. The first-order valence-electron chi connectivity index (χ1n) is 2.96. The highest BCUT2D eigenvalue weighted by atomic mass is 79.9. The Morgan fingerprint density at radius 2 is 2.40 bits per heavy atom. The normalized spacial score (nSPS) is 10.4. The lowest BCUT2D eigenvalue weighted by molar-refractivity contribution is 0.241. The highest BCUT2D eigenvalue weighted by Gasteiger charge is 2.01. The summed E-state index contributed by atoms with van der Waals surface area (Å²) in [6.45, 7) is 3.96. The average molecular weight is 222 g/mol. The predicted molar refractivity (Wildman–Crippen MR) is 45.6 cm³/mol. The van der Waals surface area contributed by atoms with Crippen LogP contribution in [0.15, 0.2) is 9.98 Å². The van der Waals surface area contributed by atoms with Crippen LogP contribution in [-0.2, 0) is 0 Å². The van der Waals surface area contributed by atoms with E-state index in [1.54, 1.807) is 6.20 Å². The molecule has 0 aliphatic rings. The van der Waals surface area contributed by atoms with E-state index in [4.69, 9.17) is 4.74 Å². The van der Waals surface area contributed by atoms with Crippen LogP contribution >= 0.6 is 27.3 Å². The third-order valence-corrected chi connectivity index (χ3v) is 2.16. The summed E-state index contributed by atoms with van der Waals surface area (Å²) >= 11 is 4.80. The second-order valence-corrected chi connectivity index (χ2v) is 4.47. The molecule has 0 atom stereocenters. The molecule has 0 aliphatic carbocycles. The molecule has 0 saturated carbocycles. The van der Waals surface area contributed by atoms with E-state index in [1.165, 1.54) is 11.3 Å². The van der Waals surface area contributed by atoms with Gasteiger partial charge in [-0.3, -0.25) is 0 Å². The van der Waals surface area contributed by atoms with Gasteiger partial charge in [0, 0.05) is 0 Å². The van der Waals surface area contributed by atoms with Gasteiger partial charge < -0.3 is 4.74 Å². The van der Waals surface area contributed by atoms with Gasteiger partial charge in [0.2, 0.25) is 0 Å². The summed E-state index contributed by atoms with van der Waals surface area (Å²) < 4.78 is 6.32. The number of nitrogens with zero attached hydrogens (tertiary/aromatic N) is 1. The second-order valence-electron chi connectivity index (χ2n) is 2.10. The summed E-state index contributed by atoms with van der Waals surface area (Å²) in [5.41, 5.74) is 0. The number of hydrogen-bond acceptors (Lipinski definition) is 3. The summed E-state index contributed by atoms with van der Waals surface area (Å²) in [4.78, 5) is 4.01. The minimum atomic E-state index is 0.207. The number of halogens is 1. The molecule has 0 spiro atoms. The molecule has 4 heteroatoms. The molecule has 2 nitrogen and oxygen atoms in total. The molecular weight excluding hydrogens is 214 g/mol. The third kappa shape index (κ3) is 2.27. The molecule has 1 aromatic heterocycles. The van der Waals surface area contributed by atoms with Crippen molar-refractivity contribution in [2.24, 2.45) is 0 Å². The lowest BCUT2D eigenvalue weighted by Crippen LogP contribution is -2.04. The van der Waals surface area contributed by atoms with Crippen LogP contribution in [0.25, 0.3) is 0 Å². The van der Waals surface area contributed by atoms with Gasteiger partial charge in [-0.25, -0.2) is 4.98 Å². The van der Waals surface area contributed by atoms with Crippen LogP contribution in [0, 0.1) is 0 Å². The molecule has 56 valence electrons. The molecule has 0 unspecified atom stereocenters. The van der Waals surface area contributed by atoms with E-state index in [-0.39, 0.29) is 6.10 Å². The summed E-state index contributed by atoms with van der Waals surface area (Å²) in [5, 5.41) is 0.724. The summed E-state index contributed by atoms with van der Waals surface area (Å²) in [6.07, 6.45) is 1.94. The molecule has 0 radical (unpaired) electrons. The van der Waals surface area contributed by atoms with E-state index >= 15 is 0 Å². The molecule has 0 N–H and O–H groups in total. The van der Waals surface area contributed by atoms with Crippen molar-refractivity contribution in [3.63, 3.8) is 0 Å². The van der Waals surface area contributed by atoms with E-state index in [1.807, 2.05) is 13.8 Å². The van der Waals surface area contributed by atoms with Crippen LogP contribution in [0.2, 0.25) is 0 Å². The van der Waals surface area contributed by atoms with Crippen molar-refractivity contribution in [3.05, 3.63) is 9.98 Å². The van der Waals surface area contributed by atoms with Gasteiger partial charge in [-0.15, -0.1) is 0 Å². The smallest absolute Gasteiger partial charge is 0.274 e. The summed E-state index contributed by atoms with van der Waals surface area (Å²) in [7, 11) is 0. The Labute approximate surface area is 72.4 Å². The van der Waals surface area contributed by atoms with E-state index in [9.17, 15) is 0 Å². The number of thiazole rings is 1. The molecule has 10 heavy (non-hydrogen) atoms. The Balaban J connectivity index is 2.58. The van der Waals surface area contributed by atoms with Crippen molar-refractivity contribution < 1.29 is 4.74 Å². The fourth-order valence-electron chi connectivity index (χ4n) is 0.496. The zero-order valence-corrected chi connectivity index (χ0v) is 8.20. The Morgan fingerprint density at radius 1 is 1.70 bits per heavy atom. The zero-order valence-electron chi connectivity index (χ0n) is 5.80. The SMILES string of the molecule is CC(C)Oc1ncc(Br)s1. The highest BCUT2D eigenvalue weighted by Crippen LogP contribution is 2.25. The van der Waals surface area contributed by atoms with Crippen molar-refractivity contribution in [1.29, 1.82) is 0 Å². The first kappa shape index (κ1) is 8.01. The van der Waals surface area contributed by atoms with E-state index in [0.29, 0.717) is 0 Å². The van der Waals surface area contributed by atoms with Gasteiger partial charge in [-0.05, 0) is 29.8 Å². The van der Waals surface area contributed by atoms with Gasteiger partial charge in [0.05, 0.1) is 16.1 Å². The van der Waals surface area contributed by atoms with E-state index in [0.717, 1.165) is 8.98 Å². The fraction of sp³-hybridized carbons (Fsp3) is 0.500. The quantitative estimate of drug-likeness (QED) is 0.767. The van der Waals surface area contributed by atoms with E-state index < -0.39 is 0 Å². The molecule has 1 heterocycles. The molecule has 0 saturated heterocycles. The number of rotatable bonds is 2. The maximum absolute atomic E-state index is 5.31. The van der Waals surface area contributed by atoms with Crippen LogP contribution in [0.1, 0.15) is 13.8 Å². The molecule has 1 aromatic rings. The monoisotopic (exact) mass is 221 g/mol. The van der Waals surface area contributed by atoms with Crippen LogP contribution < -0.4 is 4.74 Å². The van der Waals surface area contributed by atoms with Crippen molar-refractivity contribution in [3.8, 4) is 5.19 Å². The first-order valence-corrected chi connectivity index (χ1v) is 4.57. The lowest BCUT2D eigenvalue weighted by Gasteiger charge is -2.03. The number of hydrogen-bond donors (Lipinski definition) is 0. The van der Waals surface area contributed by atoms with Gasteiger partial charge in [0.25, 0.3) is 5.19 Å². The minimum Gasteiger partial charge on any atom is -0.467 e. The lowest BCUT2D eigenvalue weighted by atomic mass is 10.5. The van der Waals surface area contributed by atoms with Crippen LogP contribution in [-0.4, -0.2) is 11.1 Å². The van der Waals surface area contributed by atoms with Gasteiger partial charge in [0.15, 0.2) is 0 Å². The average Bonchev–Trinajstić information content (AvgIpc) is 2.13. The van der Waals surface area contributed by atoms with Crippen molar-refractivity contribution >= 4 is 27.3 Å². The molecule has 1 rings (SSSR count). The van der Waals surface area contributed by atoms with Crippen molar-refractivity contribution in [1.82, 2.24) is 4.98 Å². The Kier molecular flexibility index (Phi) is 2.68. The Morgan fingerprint density at radius 3 is 2.80 bits per heavy atom. The molecule has 0 bridgehead atoms. The standard InChI is InChI=1S/C6H8BrNOS/c1-4(2)9-6-8-3-5(7)10-6/h3-4H,1-2H3. The first-order chi connectivity index (χ1) is 4.68. The van der Waals surface area contributed by atoms with Gasteiger partial charge in [-0.2, -0.15) is 0 Å². The second kappa shape index (κ2) is 3.34. The van der Waals surface area contributed by atoms with Crippen LogP contribution in [0.5, 0.6) is 5.19 Å². The van der Waals surface area contributed by atoms with Gasteiger partial charge in [0.1, 0.15) is 0 Å². The Bertz CT molecular complexity index is 211. The maximum atomic E-state index is 5.31. The predicted octanol–water partition coefficient (Wildman–Crippen LogP) is 2.69. The molecule has 0 fully saturated rings. The third-order valence-electron chi connectivity index (χ3n) is 0.793. The summed E-state index contributed by atoms with van der Waals surface area (Å²) in [5.74, 6) is 0. The minimum absolute atomic E-state index is 0.207. The topological polar surface area (TPSA) is 22.1 Å². The largest absolute Gasteiger partial charge is 0.467 e. The number of aromatic nitrogens is 1. The molecule has 0 amide bonds. The molecular formula is C6H8BrNOS. The van der Waals surface area contributed by atoms with Crippen LogP contribution in [0.4, 0.5) is 0 Å². The maximum Gasteiger partial charge on any atom is 0.274 e. The van der Waals surface area contributed by atoms with E-state index in [2.05, 4.69) is 20.9 Å².